The maximum atomic E-state index is 12.3. The van der Waals surface area contributed by atoms with Crippen molar-refractivity contribution in [1.82, 2.24) is 4.90 Å². The van der Waals surface area contributed by atoms with Crippen LogP contribution in [0, 0.1) is 0 Å². The Bertz CT molecular complexity index is 447. The Hall–Kier alpha value is -1.71. The Morgan fingerprint density at radius 3 is 2.75 bits per heavy atom. The summed E-state index contributed by atoms with van der Waals surface area (Å²) >= 11 is 0. The maximum Gasteiger partial charge on any atom is 0.260 e. The molecule has 1 aromatic rings. The number of methoxy groups -OCH3 is 1. The molecule has 110 valence electrons. The number of nitrogens with zero attached hydrogens (tertiary/aromatic N) is 1. The Balaban J connectivity index is 1.94. The van der Waals surface area contributed by atoms with Gasteiger partial charge in [-0.1, -0.05) is 19.1 Å². The molecule has 2 rings (SSSR count). The van der Waals surface area contributed by atoms with Crippen molar-refractivity contribution < 1.29 is 14.3 Å². The topological polar surface area (TPSA) is 38.8 Å². The van der Waals surface area contributed by atoms with E-state index in [1.54, 1.807) is 7.11 Å². The monoisotopic (exact) mass is 277 g/mol. The zero-order valence-corrected chi connectivity index (χ0v) is 12.3. The first kappa shape index (κ1) is 14.7. The molecule has 0 N–H and O–H groups in total. The van der Waals surface area contributed by atoms with Crippen LogP contribution in [0.25, 0.3) is 0 Å². The summed E-state index contributed by atoms with van der Waals surface area (Å²) in [5.74, 6) is 1.35. The van der Waals surface area contributed by atoms with Crippen molar-refractivity contribution in [3.63, 3.8) is 0 Å². The molecule has 0 radical (unpaired) electrons. The average Bonchev–Trinajstić information content (AvgIpc) is 2.52. The van der Waals surface area contributed by atoms with Crippen LogP contribution in [0.4, 0.5) is 0 Å². The Kier molecular flexibility index (Phi) is 5.27. The maximum absolute atomic E-state index is 12.3. The third kappa shape index (κ3) is 3.44. The summed E-state index contributed by atoms with van der Waals surface area (Å²) in [6, 6.07) is 7.77. The van der Waals surface area contributed by atoms with E-state index in [9.17, 15) is 4.79 Å². The lowest BCUT2D eigenvalue weighted by Crippen LogP contribution is -2.45. The first-order valence-electron chi connectivity index (χ1n) is 7.31. The van der Waals surface area contributed by atoms with Crippen LogP contribution in [0.15, 0.2) is 24.3 Å². The lowest BCUT2D eigenvalue weighted by Gasteiger charge is -2.35. The van der Waals surface area contributed by atoms with Gasteiger partial charge in [-0.3, -0.25) is 4.79 Å². The second-order valence-electron chi connectivity index (χ2n) is 5.08. The summed E-state index contributed by atoms with van der Waals surface area (Å²) in [6.07, 6.45) is 4.43. The molecule has 0 spiro atoms. The summed E-state index contributed by atoms with van der Waals surface area (Å²) in [5.41, 5.74) is 0. The quantitative estimate of drug-likeness (QED) is 0.830. The fourth-order valence-electron chi connectivity index (χ4n) is 2.71. The van der Waals surface area contributed by atoms with E-state index in [1.807, 2.05) is 29.2 Å². The van der Waals surface area contributed by atoms with Crippen molar-refractivity contribution in [2.45, 2.75) is 38.6 Å². The van der Waals surface area contributed by atoms with Gasteiger partial charge in [-0.2, -0.15) is 0 Å². The number of carbonyl (C=O) groups excluding carboxylic acids is 1. The van der Waals surface area contributed by atoms with Crippen molar-refractivity contribution in [1.29, 1.82) is 0 Å². The van der Waals surface area contributed by atoms with E-state index in [0.29, 0.717) is 17.5 Å². The first-order chi connectivity index (χ1) is 9.76. The van der Waals surface area contributed by atoms with Crippen LogP contribution in [-0.2, 0) is 4.79 Å². The summed E-state index contributed by atoms with van der Waals surface area (Å²) in [6.45, 7) is 3.07. The van der Waals surface area contributed by atoms with Crippen molar-refractivity contribution in [2.24, 2.45) is 0 Å². The normalized spacial score (nSPS) is 18.7. The molecule has 1 fully saturated rings. The van der Waals surface area contributed by atoms with E-state index in [-0.39, 0.29) is 12.5 Å². The van der Waals surface area contributed by atoms with Crippen LogP contribution in [0.2, 0.25) is 0 Å². The van der Waals surface area contributed by atoms with Crippen LogP contribution in [0.5, 0.6) is 11.5 Å². The molecule has 1 saturated heterocycles. The van der Waals surface area contributed by atoms with Gasteiger partial charge in [0.25, 0.3) is 5.91 Å². The van der Waals surface area contributed by atoms with E-state index < -0.39 is 0 Å². The number of likely N-dealkylation sites (tertiary alicyclic amines) is 1. The van der Waals surface area contributed by atoms with Crippen molar-refractivity contribution in [3.8, 4) is 11.5 Å². The zero-order chi connectivity index (χ0) is 14.4. The van der Waals surface area contributed by atoms with Gasteiger partial charge < -0.3 is 14.4 Å². The summed E-state index contributed by atoms with van der Waals surface area (Å²) in [7, 11) is 1.60. The van der Waals surface area contributed by atoms with Gasteiger partial charge in [-0.05, 0) is 37.8 Å². The largest absolute Gasteiger partial charge is 0.493 e. The first-order valence-corrected chi connectivity index (χ1v) is 7.31. The van der Waals surface area contributed by atoms with E-state index in [1.165, 1.54) is 6.42 Å². The molecule has 0 bridgehead atoms. The van der Waals surface area contributed by atoms with Gasteiger partial charge in [-0.25, -0.2) is 0 Å². The summed E-state index contributed by atoms with van der Waals surface area (Å²) in [4.78, 5) is 14.3. The van der Waals surface area contributed by atoms with Crippen molar-refractivity contribution in [3.05, 3.63) is 24.3 Å². The molecule has 1 atom stereocenters. The van der Waals surface area contributed by atoms with Gasteiger partial charge >= 0.3 is 0 Å². The molecular formula is C16H23NO3. The van der Waals surface area contributed by atoms with Gasteiger partial charge in [0, 0.05) is 12.6 Å². The van der Waals surface area contributed by atoms with E-state index in [4.69, 9.17) is 9.47 Å². The number of carbonyl (C=O) groups is 1. The SMILES string of the molecule is CCC1CCCCN1C(=O)COc1ccccc1OC. The predicted molar refractivity (Wildman–Crippen MR) is 78.1 cm³/mol. The molecule has 1 heterocycles. The minimum atomic E-state index is 0.0717. The van der Waals surface area contributed by atoms with E-state index in [2.05, 4.69) is 6.92 Å². The van der Waals surface area contributed by atoms with Gasteiger partial charge in [0.05, 0.1) is 7.11 Å². The molecule has 1 aliphatic heterocycles. The van der Waals surface area contributed by atoms with Crippen molar-refractivity contribution in [2.75, 3.05) is 20.3 Å². The minimum Gasteiger partial charge on any atom is -0.493 e. The molecule has 1 unspecified atom stereocenters. The summed E-state index contributed by atoms with van der Waals surface area (Å²) in [5, 5.41) is 0. The average molecular weight is 277 g/mol. The van der Waals surface area contributed by atoms with Crippen LogP contribution in [0.1, 0.15) is 32.6 Å². The molecule has 1 aromatic carbocycles. The third-order valence-corrected chi connectivity index (χ3v) is 3.84. The fourth-order valence-corrected chi connectivity index (χ4v) is 2.71. The van der Waals surface area contributed by atoms with Gasteiger partial charge in [0.2, 0.25) is 0 Å². The molecule has 4 heteroatoms. The fraction of sp³-hybridized carbons (Fsp3) is 0.562. The number of ether oxygens (including phenoxy) is 2. The van der Waals surface area contributed by atoms with Gasteiger partial charge in [0.15, 0.2) is 18.1 Å². The number of hydrogen-bond donors (Lipinski definition) is 0. The lowest BCUT2D eigenvalue weighted by atomic mass is 10.00. The standard InChI is InChI=1S/C16H23NO3/c1-3-13-8-6-7-11-17(13)16(18)12-20-15-10-5-4-9-14(15)19-2/h4-5,9-10,13H,3,6-8,11-12H2,1-2H3. The molecule has 1 aliphatic rings. The van der Waals surface area contributed by atoms with E-state index in [0.717, 1.165) is 25.8 Å². The molecule has 20 heavy (non-hydrogen) atoms. The molecule has 4 nitrogen and oxygen atoms in total. The minimum absolute atomic E-state index is 0.0717. The number of amides is 1. The number of para-hydroxylation sites is 2. The molecule has 0 aliphatic carbocycles. The second kappa shape index (κ2) is 7.17. The highest BCUT2D eigenvalue weighted by Crippen LogP contribution is 2.26. The lowest BCUT2D eigenvalue weighted by molar-refractivity contribution is -0.137. The van der Waals surface area contributed by atoms with Crippen LogP contribution in [-0.4, -0.2) is 37.1 Å². The zero-order valence-electron chi connectivity index (χ0n) is 12.3. The molecule has 0 aromatic heterocycles. The number of rotatable bonds is 5. The van der Waals surface area contributed by atoms with E-state index >= 15 is 0 Å². The predicted octanol–water partition coefficient (Wildman–Crippen LogP) is 2.87. The molecular weight excluding hydrogens is 254 g/mol. The van der Waals surface area contributed by atoms with Crippen LogP contribution < -0.4 is 9.47 Å². The van der Waals surface area contributed by atoms with Crippen molar-refractivity contribution >= 4 is 5.91 Å². The Morgan fingerprint density at radius 2 is 2.05 bits per heavy atom. The number of benzene rings is 1. The third-order valence-electron chi connectivity index (χ3n) is 3.84. The van der Waals surface area contributed by atoms with Crippen LogP contribution in [0.3, 0.4) is 0 Å². The Morgan fingerprint density at radius 1 is 1.30 bits per heavy atom. The number of hydrogen-bond acceptors (Lipinski definition) is 3. The number of piperidine rings is 1. The second-order valence-corrected chi connectivity index (χ2v) is 5.08. The Labute approximate surface area is 120 Å². The smallest absolute Gasteiger partial charge is 0.260 e. The molecule has 1 amide bonds. The summed E-state index contributed by atoms with van der Waals surface area (Å²) < 4.78 is 10.8. The molecule has 0 saturated carbocycles. The highest BCUT2D eigenvalue weighted by atomic mass is 16.5. The van der Waals surface area contributed by atoms with Gasteiger partial charge in [-0.15, -0.1) is 0 Å². The highest BCUT2D eigenvalue weighted by molar-refractivity contribution is 5.78. The van der Waals surface area contributed by atoms with Crippen LogP contribution >= 0.6 is 0 Å². The van der Waals surface area contributed by atoms with Gasteiger partial charge in [0.1, 0.15) is 0 Å². The highest BCUT2D eigenvalue weighted by Gasteiger charge is 2.25.